The minimum Gasteiger partial charge on any atom is -0.398 e. The second-order valence-corrected chi connectivity index (χ2v) is 9.09. The van der Waals surface area contributed by atoms with Gasteiger partial charge in [-0.3, -0.25) is 4.79 Å². The quantitative estimate of drug-likeness (QED) is 0.586. The van der Waals surface area contributed by atoms with Crippen molar-refractivity contribution in [1.29, 1.82) is 0 Å². The van der Waals surface area contributed by atoms with E-state index < -0.39 is 11.7 Å². The summed E-state index contributed by atoms with van der Waals surface area (Å²) in [7, 11) is 3.11. The number of carbonyl (C=O) groups excluding carboxylic acids is 1. The summed E-state index contributed by atoms with van der Waals surface area (Å²) in [6.07, 6.45) is 7.76. The summed E-state index contributed by atoms with van der Waals surface area (Å²) in [6, 6.07) is 3.29. The summed E-state index contributed by atoms with van der Waals surface area (Å²) in [5, 5.41) is 11.9. The molecule has 1 aliphatic heterocycles. The Bertz CT molecular complexity index is 1210. The molecule has 3 aromatic rings. The van der Waals surface area contributed by atoms with E-state index in [4.69, 9.17) is 17.3 Å². The van der Waals surface area contributed by atoms with Crippen molar-refractivity contribution in [1.82, 2.24) is 24.9 Å². The van der Waals surface area contributed by atoms with Crippen LogP contribution >= 0.6 is 11.6 Å². The van der Waals surface area contributed by atoms with Crippen LogP contribution in [0, 0.1) is 5.82 Å². The lowest BCUT2D eigenvalue weighted by Crippen LogP contribution is -2.26. The van der Waals surface area contributed by atoms with Crippen LogP contribution in [-0.4, -0.2) is 51.4 Å². The maximum atomic E-state index is 15.5. The number of fused-ring (bicyclic) bond motifs is 2. The van der Waals surface area contributed by atoms with E-state index in [0.717, 1.165) is 30.6 Å². The highest BCUT2D eigenvalue weighted by Crippen LogP contribution is 2.54. The van der Waals surface area contributed by atoms with Crippen LogP contribution in [0.25, 0.3) is 11.1 Å². The first-order valence-corrected chi connectivity index (χ1v) is 10.8. The molecule has 2 aliphatic rings. The highest BCUT2D eigenvalue weighted by Gasteiger charge is 2.48. The summed E-state index contributed by atoms with van der Waals surface area (Å²) in [5.41, 5.74) is 7.18. The number of hydrogen-bond donors (Lipinski definition) is 2. The van der Waals surface area contributed by atoms with Gasteiger partial charge < -0.3 is 16.0 Å². The first kappa shape index (κ1) is 20.7. The lowest BCUT2D eigenvalue weighted by molar-refractivity contribution is 0.0824. The van der Waals surface area contributed by atoms with E-state index in [0.29, 0.717) is 17.1 Å². The number of hydrogen-bond acceptors (Lipinski definition) is 6. The van der Waals surface area contributed by atoms with Gasteiger partial charge in [-0.15, -0.1) is 5.10 Å². The summed E-state index contributed by atoms with van der Waals surface area (Å²) in [6.45, 7) is 0.707. The molecule has 2 unspecified atom stereocenters. The van der Waals surface area contributed by atoms with Crippen molar-refractivity contribution in [2.75, 3.05) is 31.7 Å². The number of anilines is 2. The van der Waals surface area contributed by atoms with Crippen LogP contribution in [0.1, 0.15) is 41.2 Å². The third kappa shape index (κ3) is 3.02. The lowest BCUT2D eigenvalue weighted by Gasteiger charge is -2.25. The maximum absolute atomic E-state index is 15.5. The summed E-state index contributed by atoms with van der Waals surface area (Å²) >= 11 is 6.93. The van der Waals surface area contributed by atoms with Gasteiger partial charge in [0.1, 0.15) is 11.6 Å². The van der Waals surface area contributed by atoms with E-state index in [1.165, 1.54) is 11.0 Å². The zero-order valence-electron chi connectivity index (χ0n) is 17.8. The van der Waals surface area contributed by atoms with E-state index in [-0.39, 0.29) is 28.3 Å². The van der Waals surface area contributed by atoms with E-state index in [1.54, 1.807) is 32.6 Å². The van der Waals surface area contributed by atoms with Gasteiger partial charge in [0.05, 0.1) is 22.8 Å². The van der Waals surface area contributed by atoms with Crippen molar-refractivity contribution < 1.29 is 9.18 Å². The van der Waals surface area contributed by atoms with Gasteiger partial charge in [-0.1, -0.05) is 16.8 Å². The Morgan fingerprint density at radius 1 is 1.38 bits per heavy atom. The van der Waals surface area contributed by atoms with Gasteiger partial charge >= 0.3 is 0 Å². The minimum atomic E-state index is -0.695. The molecule has 2 aromatic heterocycles. The molecule has 1 fully saturated rings. The zero-order chi connectivity index (χ0) is 22.6. The molecule has 1 aromatic carbocycles. The van der Waals surface area contributed by atoms with Crippen LogP contribution < -0.4 is 11.1 Å². The zero-order valence-corrected chi connectivity index (χ0v) is 18.5. The molecular formula is C22H23ClFN7O. The number of carbonyl (C=O) groups is 1. The van der Waals surface area contributed by atoms with Crippen molar-refractivity contribution in [3.8, 4) is 11.1 Å². The molecule has 1 amide bonds. The van der Waals surface area contributed by atoms with E-state index in [2.05, 4.69) is 20.6 Å². The smallest absolute Gasteiger partial charge is 0.258 e. The number of nitrogens with one attached hydrogen (secondary N) is 1. The topological polar surface area (TPSA) is 102 Å². The molecule has 3 N–H and O–H groups in total. The molecule has 32 heavy (non-hydrogen) atoms. The molecule has 1 aliphatic carbocycles. The molecule has 0 radical (unpaired) electrons. The molecule has 5 rings (SSSR count). The maximum Gasteiger partial charge on any atom is 0.258 e. The molecule has 1 spiro atoms. The van der Waals surface area contributed by atoms with Crippen molar-refractivity contribution in [2.24, 2.45) is 0 Å². The lowest BCUT2D eigenvalue weighted by atomic mass is 9.80. The van der Waals surface area contributed by atoms with Gasteiger partial charge in [0.25, 0.3) is 5.91 Å². The van der Waals surface area contributed by atoms with E-state index in [9.17, 15) is 4.79 Å². The Morgan fingerprint density at radius 2 is 2.19 bits per heavy atom. The van der Waals surface area contributed by atoms with Gasteiger partial charge in [-0.2, -0.15) is 0 Å². The number of halogens is 2. The fourth-order valence-electron chi connectivity index (χ4n) is 5.00. The minimum absolute atomic E-state index is 0.0831. The van der Waals surface area contributed by atoms with E-state index >= 15 is 4.39 Å². The number of nitrogen functional groups attached to an aromatic ring is 1. The SMILES string of the molecule is CN(C)C(=O)c1c(N)ccc(-c2cnc3c(c2Cl)C2(CCC(n4ccnn4)C2)CN3)c1F. The number of benzene rings is 1. The van der Waals surface area contributed by atoms with Crippen molar-refractivity contribution in [3.05, 3.63) is 52.7 Å². The molecule has 8 nitrogen and oxygen atoms in total. The number of nitrogens with zero attached hydrogens (tertiary/aromatic N) is 5. The predicted octanol–water partition coefficient (Wildman–Crippen LogP) is 3.51. The Labute approximate surface area is 189 Å². The Kier molecular flexibility index (Phi) is 4.81. The Morgan fingerprint density at radius 3 is 2.91 bits per heavy atom. The number of aromatic nitrogens is 4. The fourth-order valence-corrected chi connectivity index (χ4v) is 5.44. The molecule has 10 heteroatoms. The third-order valence-electron chi connectivity index (χ3n) is 6.62. The first-order valence-electron chi connectivity index (χ1n) is 10.4. The second-order valence-electron chi connectivity index (χ2n) is 8.71. The molecular weight excluding hydrogens is 433 g/mol. The van der Waals surface area contributed by atoms with Crippen molar-refractivity contribution in [3.63, 3.8) is 0 Å². The number of pyridine rings is 1. The van der Waals surface area contributed by atoms with Crippen molar-refractivity contribution in [2.45, 2.75) is 30.7 Å². The van der Waals surface area contributed by atoms with Gasteiger partial charge in [-0.05, 0) is 31.4 Å². The largest absolute Gasteiger partial charge is 0.398 e. The molecule has 0 bridgehead atoms. The summed E-state index contributed by atoms with van der Waals surface area (Å²) < 4.78 is 17.4. The number of nitrogens with two attached hydrogens (primary N) is 1. The molecule has 3 heterocycles. The summed E-state index contributed by atoms with van der Waals surface area (Å²) in [5.74, 6) is -0.477. The van der Waals surface area contributed by atoms with Gasteiger partial charge in [0.2, 0.25) is 0 Å². The van der Waals surface area contributed by atoms with Gasteiger partial charge in [0, 0.05) is 60.8 Å². The fraction of sp³-hybridized carbons (Fsp3) is 0.364. The standard InChI is InChI=1S/C22H23ClFN7O/c1-30(2)21(32)16-15(25)4-3-13(19(16)24)14-10-26-20-17(18(14)23)22(11-27-20)6-5-12(9-22)31-8-7-28-29-31/h3-4,7-8,10,12H,5-6,9,11,25H2,1-2H3,(H,26,27). The monoisotopic (exact) mass is 455 g/mol. The molecule has 1 saturated carbocycles. The first-order chi connectivity index (χ1) is 15.3. The van der Waals surface area contributed by atoms with E-state index in [1.807, 2.05) is 10.9 Å². The van der Waals surface area contributed by atoms with Crippen LogP contribution in [0.2, 0.25) is 5.02 Å². The number of amides is 1. The highest BCUT2D eigenvalue weighted by molar-refractivity contribution is 6.34. The second kappa shape index (κ2) is 7.44. The average Bonchev–Trinajstić information content (AvgIpc) is 3.50. The number of rotatable bonds is 3. The molecule has 166 valence electrons. The van der Waals surface area contributed by atoms with Crippen LogP contribution in [0.4, 0.5) is 15.9 Å². The van der Waals surface area contributed by atoms with Crippen molar-refractivity contribution >= 4 is 29.0 Å². The third-order valence-corrected chi connectivity index (χ3v) is 7.01. The Balaban J connectivity index is 1.60. The van der Waals surface area contributed by atoms with Gasteiger partial charge in [-0.25, -0.2) is 14.1 Å². The van der Waals surface area contributed by atoms with Gasteiger partial charge in [0.15, 0.2) is 0 Å². The summed E-state index contributed by atoms with van der Waals surface area (Å²) in [4.78, 5) is 18.4. The Hall–Kier alpha value is -3.20. The predicted molar refractivity (Wildman–Crippen MR) is 120 cm³/mol. The van der Waals surface area contributed by atoms with Crippen LogP contribution in [0.3, 0.4) is 0 Å². The average molecular weight is 456 g/mol. The van der Waals surface area contributed by atoms with Crippen LogP contribution in [-0.2, 0) is 5.41 Å². The molecule has 2 atom stereocenters. The van der Waals surface area contributed by atoms with Crippen LogP contribution in [0.15, 0.2) is 30.7 Å². The highest BCUT2D eigenvalue weighted by atomic mass is 35.5. The normalized spacial score (nSPS) is 21.6. The molecule has 0 saturated heterocycles. The van der Waals surface area contributed by atoms with Crippen LogP contribution in [0.5, 0.6) is 0 Å².